The summed E-state index contributed by atoms with van der Waals surface area (Å²) in [6, 6.07) is -0.892. The van der Waals surface area contributed by atoms with E-state index in [2.05, 4.69) is 28.7 Å². The van der Waals surface area contributed by atoms with E-state index in [0.717, 1.165) is 0 Å². The van der Waals surface area contributed by atoms with Gasteiger partial charge in [-0.05, 0) is 19.3 Å². The lowest BCUT2D eigenvalue weighted by Gasteiger charge is -2.17. The molecular formula is C16H31N3O8S. The van der Waals surface area contributed by atoms with Crippen molar-refractivity contribution in [2.24, 2.45) is 0 Å². The summed E-state index contributed by atoms with van der Waals surface area (Å²) < 4.78 is 19.3. The van der Waals surface area contributed by atoms with Crippen molar-refractivity contribution in [1.29, 1.82) is 0 Å². The molecule has 0 saturated heterocycles. The minimum Gasteiger partial charge on any atom is -0.447 e. The Bertz CT molecular complexity index is 442. The Morgan fingerprint density at radius 2 is 1.54 bits per heavy atom. The van der Waals surface area contributed by atoms with E-state index in [-0.39, 0.29) is 19.8 Å². The van der Waals surface area contributed by atoms with Gasteiger partial charge in [-0.3, -0.25) is 0 Å². The first-order valence-electron chi connectivity index (χ1n) is 8.91. The second-order valence-corrected chi connectivity index (χ2v) is 5.86. The first-order valence-corrected chi connectivity index (χ1v) is 9.54. The van der Waals surface area contributed by atoms with Crippen LogP contribution in [0.15, 0.2) is 0 Å². The molecule has 12 heteroatoms. The summed E-state index contributed by atoms with van der Waals surface area (Å²) in [6.45, 7) is 1.54. The first-order chi connectivity index (χ1) is 13.5. The van der Waals surface area contributed by atoms with Gasteiger partial charge in [0, 0.05) is 33.1 Å². The van der Waals surface area contributed by atoms with E-state index >= 15 is 0 Å². The zero-order valence-electron chi connectivity index (χ0n) is 16.4. The molecule has 0 radical (unpaired) electrons. The quantitative estimate of drug-likeness (QED) is 0.119. The lowest BCUT2D eigenvalue weighted by Crippen LogP contribution is -2.44. The first kappa shape index (κ1) is 26.2. The predicted octanol–water partition coefficient (Wildman–Crippen LogP) is 0.248. The zero-order valence-corrected chi connectivity index (χ0v) is 17.3. The number of thiol groups is 1. The molecule has 0 aliphatic heterocycles. The summed E-state index contributed by atoms with van der Waals surface area (Å²) >= 11 is 3.99. The molecule has 164 valence electrons. The van der Waals surface area contributed by atoms with Crippen LogP contribution in [-0.4, -0.2) is 83.7 Å². The Hall–Kier alpha value is -1.76. The van der Waals surface area contributed by atoms with Crippen molar-refractivity contribution < 1.29 is 38.2 Å². The van der Waals surface area contributed by atoms with Gasteiger partial charge >= 0.3 is 18.2 Å². The summed E-state index contributed by atoms with van der Waals surface area (Å²) in [4.78, 5) is 40.1. The third kappa shape index (κ3) is 15.3. The second kappa shape index (κ2) is 18.6. The number of nitrogens with one attached hydrogen (secondary N) is 3. The number of ether oxygens (including phenoxy) is 4. The van der Waals surface area contributed by atoms with Crippen LogP contribution in [0.5, 0.6) is 0 Å². The Balaban J connectivity index is 4.23. The fourth-order valence-corrected chi connectivity index (χ4v) is 1.91. The predicted molar refractivity (Wildman–Crippen MR) is 103 cm³/mol. The number of rotatable bonds is 16. The lowest BCUT2D eigenvalue weighted by molar-refractivity contribution is -0.153. The molecule has 0 spiro atoms. The molecule has 0 saturated carbocycles. The Morgan fingerprint density at radius 3 is 2.14 bits per heavy atom. The van der Waals surface area contributed by atoms with Crippen LogP contribution in [0.25, 0.3) is 0 Å². The van der Waals surface area contributed by atoms with E-state index < -0.39 is 24.2 Å². The van der Waals surface area contributed by atoms with Crippen LogP contribution in [-0.2, 0) is 28.6 Å². The zero-order chi connectivity index (χ0) is 21.0. The summed E-state index contributed by atoms with van der Waals surface area (Å²) in [6.07, 6.45) is 0.148. The third-order valence-electron chi connectivity index (χ3n) is 3.19. The minimum absolute atomic E-state index is 0.0666. The molecule has 0 fully saturated rings. The fraction of sp³-hybridized carbons (Fsp3) is 0.812. The molecule has 0 aromatic carbocycles. The largest absolute Gasteiger partial charge is 0.447 e. The number of carbonyl (C=O) groups is 3. The molecular weight excluding hydrogens is 394 g/mol. The van der Waals surface area contributed by atoms with Gasteiger partial charge in [0.05, 0.1) is 13.2 Å². The van der Waals surface area contributed by atoms with Crippen LogP contribution >= 0.6 is 12.6 Å². The second-order valence-electron chi connectivity index (χ2n) is 5.42. The maximum absolute atomic E-state index is 12.1. The highest BCUT2D eigenvalue weighted by Crippen LogP contribution is 2.03. The monoisotopic (exact) mass is 425 g/mol. The van der Waals surface area contributed by atoms with Gasteiger partial charge in [0.2, 0.25) is 0 Å². The van der Waals surface area contributed by atoms with Crippen molar-refractivity contribution in [2.45, 2.75) is 25.3 Å². The van der Waals surface area contributed by atoms with Gasteiger partial charge in [0.25, 0.3) is 0 Å². The number of methoxy groups -OCH3 is 2. The normalized spacial score (nSPS) is 11.4. The Morgan fingerprint density at radius 1 is 0.893 bits per heavy atom. The summed E-state index contributed by atoms with van der Waals surface area (Å²) in [5, 5.41) is 5.04. The maximum Gasteiger partial charge on any atom is 0.407 e. The van der Waals surface area contributed by atoms with Crippen LogP contribution in [0.1, 0.15) is 19.3 Å². The molecule has 0 rings (SSSR count). The number of hydrogen-bond acceptors (Lipinski definition) is 10. The number of unbranched alkanes of at least 4 members (excludes halogenated alkanes) is 1. The Labute approximate surface area is 170 Å². The van der Waals surface area contributed by atoms with Crippen LogP contribution in [0.4, 0.5) is 9.59 Å². The van der Waals surface area contributed by atoms with Crippen LogP contribution in [0.2, 0.25) is 0 Å². The van der Waals surface area contributed by atoms with Gasteiger partial charge in [-0.25, -0.2) is 14.4 Å². The molecule has 28 heavy (non-hydrogen) atoms. The molecule has 3 N–H and O–H groups in total. The molecule has 0 aromatic rings. The topological polar surface area (TPSA) is 133 Å². The van der Waals surface area contributed by atoms with E-state index in [1.165, 1.54) is 14.2 Å². The van der Waals surface area contributed by atoms with E-state index in [4.69, 9.17) is 23.8 Å². The number of hydrogen-bond donors (Lipinski definition) is 4. The standard InChI is InChI=1S/C16H31N3O8S/c1-23-8-10-25-15(21)17-6-4-3-5-13(14(20)27-18-7-12-28)19-16(22)26-11-9-24-2/h13,18,28H,3-12H2,1-2H3,(H,17,21)(H,19,22). The molecule has 0 aliphatic carbocycles. The number of hydroxylamine groups is 1. The SMILES string of the molecule is COCCOC(=O)NCCCCC(NC(=O)OCCOC)C(=O)ONCCS. The number of carbonyl (C=O) groups excluding carboxylic acids is 3. The smallest absolute Gasteiger partial charge is 0.407 e. The number of amides is 2. The molecule has 0 bridgehead atoms. The van der Waals surface area contributed by atoms with Crippen molar-refractivity contribution >= 4 is 30.8 Å². The average molecular weight is 426 g/mol. The third-order valence-corrected chi connectivity index (χ3v) is 3.42. The van der Waals surface area contributed by atoms with Gasteiger partial charge in [-0.2, -0.15) is 18.1 Å². The molecule has 11 nitrogen and oxygen atoms in total. The van der Waals surface area contributed by atoms with E-state index in [1.54, 1.807) is 0 Å². The number of alkyl carbamates (subject to hydrolysis) is 2. The molecule has 1 unspecified atom stereocenters. The summed E-state index contributed by atoms with van der Waals surface area (Å²) in [7, 11) is 2.99. The average Bonchev–Trinajstić information content (AvgIpc) is 2.67. The van der Waals surface area contributed by atoms with Crippen molar-refractivity contribution in [3.05, 3.63) is 0 Å². The Kier molecular flexibility index (Phi) is 17.4. The fourth-order valence-electron chi connectivity index (χ4n) is 1.82. The van der Waals surface area contributed by atoms with E-state index in [9.17, 15) is 14.4 Å². The molecule has 0 aliphatic rings. The van der Waals surface area contributed by atoms with Crippen molar-refractivity contribution in [1.82, 2.24) is 16.1 Å². The minimum atomic E-state index is -0.892. The lowest BCUT2D eigenvalue weighted by atomic mass is 10.1. The highest BCUT2D eigenvalue weighted by Gasteiger charge is 2.23. The maximum atomic E-state index is 12.1. The van der Waals surface area contributed by atoms with Gasteiger partial charge in [0.15, 0.2) is 0 Å². The van der Waals surface area contributed by atoms with Crippen molar-refractivity contribution in [3.8, 4) is 0 Å². The van der Waals surface area contributed by atoms with Gasteiger partial charge in [-0.15, -0.1) is 0 Å². The van der Waals surface area contributed by atoms with Crippen LogP contribution in [0, 0.1) is 0 Å². The van der Waals surface area contributed by atoms with Crippen molar-refractivity contribution in [2.75, 3.05) is 59.5 Å². The van der Waals surface area contributed by atoms with Gasteiger partial charge in [0.1, 0.15) is 19.3 Å². The van der Waals surface area contributed by atoms with Gasteiger partial charge < -0.3 is 34.4 Å². The van der Waals surface area contributed by atoms with E-state index in [1.807, 2.05) is 0 Å². The molecule has 2 amide bonds. The molecule has 0 aromatic heterocycles. The summed E-state index contributed by atoms with van der Waals surface area (Å²) in [5.41, 5.74) is 2.46. The van der Waals surface area contributed by atoms with Gasteiger partial charge in [-0.1, -0.05) is 0 Å². The molecule has 1 atom stereocenters. The summed E-state index contributed by atoms with van der Waals surface area (Å²) in [5.74, 6) is -0.159. The van der Waals surface area contributed by atoms with E-state index in [0.29, 0.717) is 44.7 Å². The molecule has 0 heterocycles. The van der Waals surface area contributed by atoms with Crippen LogP contribution < -0.4 is 16.1 Å². The van der Waals surface area contributed by atoms with Crippen LogP contribution in [0.3, 0.4) is 0 Å². The highest BCUT2D eigenvalue weighted by atomic mass is 32.1. The van der Waals surface area contributed by atoms with Crippen molar-refractivity contribution in [3.63, 3.8) is 0 Å². The highest BCUT2D eigenvalue weighted by molar-refractivity contribution is 7.80.